The average Bonchev–Trinajstić information content (AvgIpc) is 3.31. The number of hydrogen-bond donors (Lipinski definition) is 2. The van der Waals surface area contributed by atoms with Crippen molar-refractivity contribution in [1.29, 1.82) is 0 Å². The van der Waals surface area contributed by atoms with Crippen molar-refractivity contribution in [2.75, 3.05) is 25.0 Å². The lowest BCUT2D eigenvalue weighted by atomic mass is 10.1. The Morgan fingerprint density at radius 2 is 2.19 bits per heavy atom. The molecule has 3 aromatic rings. The molecule has 0 spiro atoms. The molecule has 0 amide bonds. The zero-order valence-corrected chi connectivity index (χ0v) is 15.0. The number of hydrogen-bond acceptors (Lipinski definition) is 5. The second-order valence-electron chi connectivity index (χ2n) is 6.95. The summed E-state index contributed by atoms with van der Waals surface area (Å²) < 4.78 is 0. The van der Waals surface area contributed by atoms with Gasteiger partial charge in [0.25, 0.3) is 0 Å². The van der Waals surface area contributed by atoms with E-state index in [1.54, 1.807) is 6.20 Å². The van der Waals surface area contributed by atoms with Gasteiger partial charge in [0, 0.05) is 48.8 Å². The van der Waals surface area contributed by atoms with Crippen LogP contribution in [0.25, 0.3) is 11.3 Å². The van der Waals surface area contributed by atoms with Gasteiger partial charge in [-0.05, 0) is 50.1 Å². The molecule has 1 saturated heterocycles. The monoisotopic (exact) mass is 348 g/mol. The summed E-state index contributed by atoms with van der Waals surface area (Å²) in [7, 11) is 0. The van der Waals surface area contributed by atoms with Crippen LogP contribution in [0.1, 0.15) is 17.7 Å². The summed E-state index contributed by atoms with van der Waals surface area (Å²) in [5.41, 5.74) is 4.43. The minimum Gasteiger partial charge on any atom is -0.370 e. The Labute approximate surface area is 153 Å². The lowest BCUT2D eigenvalue weighted by Gasteiger charge is -2.16. The van der Waals surface area contributed by atoms with Crippen LogP contribution in [0.3, 0.4) is 0 Å². The van der Waals surface area contributed by atoms with E-state index in [1.165, 1.54) is 12.0 Å². The minimum atomic E-state index is 0.644. The largest absolute Gasteiger partial charge is 0.370 e. The highest BCUT2D eigenvalue weighted by Crippen LogP contribution is 2.24. The van der Waals surface area contributed by atoms with Crippen LogP contribution in [0.4, 0.5) is 5.82 Å². The Bertz CT molecular complexity index is 844. The summed E-state index contributed by atoms with van der Waals surface area (Å²) in [5, 5.41) is 10.8. The molecule has 4 heterocycles. The van der Waals surface area contributed by atoms with E-state index in [9.17, 15) is 0 Å². The molecule has 0 unspecified atom stereocenters. The molecule has 0 radical (unpaired) electrons. The summed E-state index contributed by atoms with van der Waals surface area (Å²) >= 11 is 0. The molecule has 3 aromatic heterocycles. The van der Waals surface area contributed by atoms with Crippen molar-refractivity contribution < 1.29 is 0 Å². The zero-order chi connectivity index (χ0) is 17.8. The number of anilines is 1. The minimum absolute atomic E-state index is 0.644. The molecule has 6 nitrogen and oxygen atoms in total. The fraction of sp³-hybridized carbons (Fsp3) is 0.350. The first kappa shape index (κ1) is 16.7. The van der Waals surface area contributed by atoms with E-state index >= 15 is 0 Å². The highest BCUT2D eigenvalue weighted by molar-refractivity contribution is 5.61. The predicted octanol–water partition coefficient (Wildman–Crippen LogP) is 3.11. The number of rotatable bonds is 6. The number of nitrogens with one attached hydrogen (secondary N) is 2. The van der Waals surface area contributed by atoms with E-state index in [0.29, 0.717) is 5.92 Å². The molecule has 4 rings (SSSR count). The van der Waals surface area contributed by atoms with Crippen molar-refractivity contribution >= 4 is 5.82 Å². The standard InChI is InChI=1S/C20H24N6/c1-15-4-2-6-19(24-15)22-10-16-7-9-26(13-16)14-18-12-23-25-20(18)17-5-3-8-21-11-17/h2-6,8,11-12,16H,7,9-10,13-14H2,1H3,(H,22,24)(H,23,25)/t16-/m1/s1. The van der Waals surface area contributed by atoms with Crippen LogP contribution in [0.5, 0.6) is 0 Å². The Morgan fingerprint density at radius 1 is 1.23 bits per heavy atom. The highest BCUT2D eigenvalue weighted by Gasteiger charge is 2.23. The first-order valence-electron chi connectivity index (χ1n) is 9.10. The third-order valence-corrected chi connectivity index (χ3v) is 4.89. The van der Waals surface area contributed by atoms with E-state index in [2.05, 4.69) is 36.4 Å². The van der Waals surface area contributed by atoms with Crippen molar-refractivity contribution in [2.24, 2.45) is 5.92 Å². The molecular formula is C20H24N6. The van der Waals surface area contributed by atoms with E-state index in [0.717, 1.165) is 48.9 Å². The van der Waals surface area contributed by atoms with Crippen LogP contribution >= 0.6 is 0 Å². The normalized spacial score (nSPS) is 17.5. The number of H-pyrrole nitrogens is 1. The Balaban J connectivity index is 1.33. The third-order valence-electron chi connectivity index (χ3n) is 4.89. The SMILES string of the molecule is Cc1cccc(NC[C@H]2CCN(Cc3cn[nH]c3-c3cccnc3)C2)n1. The van der Waals surface area contributed by atoms with Gasteiger partial charge >= 0.3 is 0 Å². The fourth-order valence-corrected chi connectivity index (χ4v) is 3.55. The van der Waals surface area contributed by atoms with Crippen molar-refractivity contribution in [3.63, 3.8) is 0 Å². The molecular weight excluding hydrogens is 324 g/mol. The quantitative estimate of drug-likeness (QED) is 0.716. The van der Waals surface area contributed by atoms with Crippen LogP contribution in [0.2, 0.25) is 0 Å². The Kier molecular flexibility index (Phi) is 4.93. The van der Waals surface area contributed by atoms with Crippen LogP contribution in [-0.2, 0) is 6.54 Å². The molecule has 0 bridgehead atoms. The second-order valence-corrected chi connectivity index (χ2v) is 6.95. The summed E-state index contributed by atoms with van der Waals surface area (Å²) in [6.45, 7) is 6.11. The second kappa shape index (κ2) is 7.66. The van der Waals surface area contributed by atoms with Gasteiger partial charge in [-0.25, -0.2) is 4.98 Å². The summed E-state index contributed by atoms with van der Waals surface area (Å²) in [4.78, 5) is 11.2. The lowest BCUT2D eigenvalue weighted by Crippen LogP contribution is -2.23. The summed E-state index contributed by atoms with van der Waals surface area (Å²) in [6, 6.07) is 10.1. The van der Waals surface area contributed by atoms with E-state index in [1.807, 2.05) is 43.6 Å². The smallest absolute Gasteiger partial charge is 0.126 e. The van der Waals surface area contributed by atoms with Crippen LogP contribution in [0, 0.1) is 12.8 Å². The molecule has 1 aliphatic rings. The highest BCUT2D eigenvalue weighted by atomic mass is 15.2. The third kappa shape index (κ3) is 3.91. The van der Waals surface area contributed by atoms with Gasteiger partial charge < -0.3 is 5.32 Å². The molecule has 0 aromatic carbocycles. The molecule has 1 aliphatic heterocycles. The fourth-order valence-electron chi connectivity index (χ4n) is 3.55. The van der Waals surface area contributed by atoms with Crippen molar-refractivity contribution in [1.82, 2.24) is 25.1 Å². The van der Waals surface area contributed by atoms with Gasteiger partial charge in [0.1, 0.15) is 5.82 Å². The van der Waals surface area contributed by atoms with Gasteiger partial charge in [0.2, 0.25) is 0 Å². The maximum absolute atomic E-state index is 4.52. The molecule has 1 atom stereocenters. The van der Waals surface area contributed by atoms with Crippen molar-refractivity contribution in [3.05, 3.63) is 60.2 Å². The predicted molar refractivity (Wildman–Crippen MR) is 103 cm³/mol. The molecule has 1 fully saturated rings. The number of aromatic nitrogens is 4. The van der Waals surface area contributed by atoms with Crippen LogP contribution < -0.4 is 5.32 Å². The first-order valence-corrected chi connectivity index (χ1v) is 9.10. The maximum Gasteiger partial charge on any atom is 0.126 e. The summed E-state index contributed by atoms with van der Waals surface area (Å²) in [6.07, 6.45) is 6.81. The van der Waals surface area contributed by atoms with Gasteiger partial charge in [-0.3, -0.25) is 15.0 Å². The van der Waals surface area contributed by atoms with E-state index < -0.39 is 0 Å². The molecule has 26 heavy (non-hydrogen) atoms. The maximum atomic E-state index is 4.52. The molecule has 6 heteroatoms. The Morgan fingerprint density at radius 3 is 3.04 bits per heavy atom. The van der Waals surface area contributed by atoms with Gasteiger partial charge in [-0.1, -0.05) is 6.07 Å². The number of aryl methyl sites for hydroxylation is 1. The van der Waals surface area contributed by atoms with Gasteiger partial charge in [-0.2, -0.15) is 5.10 Å². The summed E-state index contributed by atoms with van der Waals surface area (Å²) in [5.74, 6) is 1.61. The molecule has 0 saturated carbocycles. The first-order chi connectivity index (χ1) is 12.8. The van der Waals surface area contributed by atoms with Crippen molar-refractivity contribution in [2.45, 2.75) is 19.9 Å². The molecule has 0 aliphatic carbocycles. The van der Waals surface area contributed by atoms with Gasteiger partial charge in [0.05, 0.1) is 11.9 Å². The number of aromatic amines is 1. The number of likely N-dealkylation sites (tertiary alicyclic amines) is 1. The number of nitrogens with zero attached hydrogens (tertiary/aromatic N) is 4. The molecule has 134 valence electrons. The van der Waals surface area contributed by atoms with Crippen LogP contribution in [0.15, 0.2) is 48.9 Å². The zero-order valence-electron chi connectivity index (χ0n) is 15.0. The van der Waals surface area contributed by atoms with E-state index in [-0.39, 0.29) is 0 Å². The van der Waals surface area contributed by atoms with Crippen molar-refractivity contribution in [3.8, 4) is 11.3 Å². The number of pyridine rings is 2. The average molecular weight is 348 g/mol. The Hall–Kier alpha value is -2.73. The van der Waals surface area contributed by atoms with Gasteiger partial charge in [-0.15, -0.1) is 0 Å². The van der Waals surface area contributed by atoms with E-state index in [4.69, 9.17) is 0 Å². The lowest BCUT2D eigenvalue weighted by molar-refractivity contribution is 0.319. The topological polar surface area (TPSA) is 69.7 Å². The van der Waals surface area contributed by atoms with Crippen LogP contribution in [-0.4, -0.2) is 44.7 Å². The molecule has 2 N–H and O–H groups in total. The van der Waals surface area contributed by atoms with Gasteiger partial charge in [0.15, 0.2) is 0 Å².